The normalized spacial score (nSPS) is 34.8. The highest BCUT2D eigenvalue weighted by Crippen LogP contribution is 2.50. The molecule has 2 amide bonds. The molecule has 0 radical (unpaired) electrons. The van der Waals surface area contributed by atoms with Gasteiger partial charge in [0.1, 0.15) is 5.82 Å². The summed E-state index contributed by atoms with van der Waals surface area (Å²) >= 11 is 0. The number of hydrogen-bond donors (Lipinski definition) is 0. The average molecular weight is 271 g/mol. The second-order valence-corrected chi connectivity index (χ2v) is 5.83. The van der Waals surface area contributed by atoms with Gasteiger partial charge in [-0.1, -0.05) is 12.2 Å². The van der Waals surface area contributed by atoms with Crippen LogP contribution in [-0.4, -0.2) is 11.8 Å². The molecule has 2 fully saturated rings. The lowest BCUT2D eigenvalue weighted by Crippen LogP contribution is -2.38. The maximum absolute atomic E-state index is 13.0. The highest BCUT2D eigenvalue weighted by atomic mass is 19.1. The first-order valence-corrected chi connectivity index (χ1v) is 6.98. The van der Waals surface area contributed by atoms with Gasteiger partial charge in [-0.05, 0) is 48.9 Å². The molecule has 5 rings (SSSR count). The van der Waals surface area contributed by atoms with Gasteiger partial charge in [0.25, 0.3) is 0 Å². The molecule has 1 aromatic rings. The van der Waals surface area contributed by atoms with E-state index in [4.69, 9.17) is 0 Å². The molecular weight excluding hydrogens is 257 g/mol. The molecule has 4 heteroatoms. The molecule has 4 atom stereocenters. The number of imide groups is 1. The van der Waals surface area contributed by atoms with Crippen LogP contribution >= 0.6 is 0 Å². The molecular formula is C16H14FNO2. The van der Waals surface area contributed by atoms with E-state index in [2.05, 4.69) is 12.2 Å². The van der Waals surface area contributed by atoms with Gasteiger partial charge in [0.15, 0.2) is 0 Å². The fourth-order valence-electron chi connectivity index (χ4n) is 3.92. The van der Waals surface area contributed by atoms with Gasteiger partial charge in [-0.3, -0.25) is 14.5 Å². The number of benzene rings is 1. The number of allylic oxidation sites excluding steroid dienone is 2. The Kier molecular flexibility index (Phi) is 2.37. The van der Waals surface area contributed by atoms with E-state index < -0.39 is 0 Å². The first-order chi connectivity index (χ1) is 9.66. The molecule has 1 aliphatic heterocycles. The van der Waals surface area contributed by atoms with Crippen molar-refractivity contribution >= 4 is 17.5 Å². The summed E-state index contributed by atoms with van der Waals surface area (Å²) in [5, 5.41) is 0. The van der Waals surface area contributed by atoms with Crippen molar-refractivity contribution in [2.75, 3.05) is 4.90 Å². The van der Waals surface area contributed by atoms with Gasteiger partial charge in [0, 0.05) is 0 Å². The monoisotopic (exact) mass is 271 g/mol. The minimum absolute atomic E-state index is 0.120. The summed E-state index contributed by atoms with van der Waals surface area (Å²) in [7, 11) is 0. The van der Waals surface area contributed by atoms with Crippen LogP contribution in [0, 0.1) is 29.5 Å². The van der Waals surface area contributed by atoms with Gasteiger partial charge in [0.2, 0.25) is 11.8 Å². The molecule has 2 bridgehead atoms. The number of nitrogens with zero attached hydrogens (tertiary/aromatic N) is 1. The molecule has 20 heavy (non-hydrogen) atoms. The minimum atomic E-state index is -0.369. The van der Waals surface area contributed by atoms with E-state index in [1.54, 1.807) is 0 Å². The van der Waals surface area contributed by atoms with Crippen LogP contribution in [0.25, 0.3) is 0 Å². The second kappa shape index (κ2) is 4.01. The maximum atomic E-state index is 13.0. The van der Waals surface area contributed by atoms with Crippen LogP contribution in [0.15, 0.2) is 36.4 Å². The predicted octanol–water partition coefficient (Wildman–Crippen LogP) is 2.53. The lowest BCUT2D eigenvalue weighted by atomic mass is 9.63. The van der Waals surface area contributed by atoms with Gasteiger partial charge in [-0.25, -0.2) is 4.39 Å². The molecule has 0 spiro atoms. The van der Waals surface area contributed by atoms with Gasteiger partial charge in [0.05, 0.1) is 17.5 Å². The van der Waals surface area contributed by atoms with Crippen molar-refractivity contribution in [3.05, 3.63) is 42.2 Å². The third-order valence-electron chi connectivity index (χ3n) is 4.84. The molecule has 1 saturated carbocycles. The van der Waals surface area contributed by atoms with Crippen molar-refractivity contribution in [1.82, 2.24) is 0 Å². The van der Waals surface area contributed by atoms with Crippen molar-refractivity contribution in [1.29, 1.82) is 0 Å². The smallest absolute Gasteiger partial charge is 0.238 e. The summed E-state index contributed by atoms with van der Waals surface area (Å²) in [6, 6.07) is 5.56. The van der Waals surface area contributed by atoms with E-state index in [0.29, 0.717) is 5.69 Å². The van der Waals surface area contributed by atoms with Crippen LogP contribution < -0.4 is 4.90 Å². The zero-order valence-electron chi connectivity index (χ0n) is 10.8. The Morgan fingerprint density at radius 1 is 0.900 bits per heavy atom. The first kappa shape index (κ1) is 11.8. The average Bonchev–Trinajstić information content (AvgIpc) is 2.76. The molecule has 1 saturated heterocycles. The number of carbonyl (C=O) groups excluding carboxylic acids is 2. The van der Waals surface area contributed by atoms with Crippen LogP contribution in [0.5, 0.6) is 0 Å². The number of hydrogen-bond acceptors (Lipinski definition) is 2. The summed E-state index contributed by atoms with van der Waals surface area (Å²) < 4.78 is 13.0. The SMILES string of the molecule is O=C1[C@@H]2[C@H](C(=O)N1c1ccc(F)cc1)[C@@H]1C=C[C@H]2CC1. The van der Waals surface area contributed by atoms with Crippen LogP contribution in [0.1, 0.15) is 12.8 Å². The molecule has 1 heterocycles. The lowest BCUT2D eigenvalue weighted by Gasteiger charge is -2.38. The maximum Gasteiger partial charge on any atom is 0.238 e. The third-order valence-corrected chi connectivity index (χ3v) is 4.84. The summed E-state index contributed by atoms with van der Waals surface area (Å²) in [5.74, 6) is -0.658. The van der Waals surface area contributed by atoms with Crippen LogP contribution in [-0.2, 0) is 9.59 Å². The molecule has 0 aromatic heterocycles. The fraction of sp³-hybridized carbons (Fsp3) is 0.375. The zero-order valence-corrected chi connectivity index (χ0v) is 10.8. The summed E-state index contributed by atoms with van der Waals surface area (Å²) in [5.41, 5.74) is 0.482. The number of fused-ring (bicyclic) bond motifs is 1. The Balaban J connectivity index is 1.75. The van der Waals surface area contributed by atoms with E-state index in [0.717, 1.165) is 12.8 Å². The van der Waals surface area contributed by atoms with Crippen LogP contribution in [0.3, 0.4) is 0 Å². The molecule has 4 aliphatic rings. The van der Waals surface area contributed by atoms with E-state index in [9.17, 15) is 14.0 Å². The van der Waals surface area contributed by atoms with Crippen molar-refractivity contribution in [2.24, 2.45) is 23.7 Å². The minimum Gasteiger partial charge on any atom is -0.274 e. The van der Waals surface area contributed by atoms with Crippen molar-refractivity contribution < 1.29 is 14.0 Å². The topological polar surface area (TPSA) is 37.4 Å². The largest absolute Gasteiger partial charge is 0.274 e. The number of carbonyl (C=O) groups is 2. The number of amides is 2. The first-order valence-electron chi connectivity index (χ1n) is 6.98. The number of anilines is 1. The van der Waals surface area contributed by atoms with Crippen molar-refractivity contribution in [3.8, 4) is 0 Å². The Morgan fingerprint density at radius 3 is 1.85 bits per heavy atom. The second-order valence-electron chi connectivity index (χ2n) is 5.83. The lowest BCUT2D eigenvalue weighted by molar-refractivity contribution is -0.124. The van der Waals surface area contributed by atoms with Crippen LogP contribution in [0.4, 0.5) is 10.1 Å². The van der Waals surface area contributed by atoms with Gasteiger partial charge in [-0.2, -0.15) is 0 Å². The molecule has 0 N–H and O–H groups in total. The molecule has 1 aromatic carbocycles. The van der Waals surface area contributed by atoms with Crippen molar-refractivity contribution in [2.45, 2.75) is 12.8 Å². The quantitative estimate of drug-likeness (QED) is 0.581. The predicted molar refractivity (Wildman–Crippen MR) is 71.2 cm³/mol. The third kappa shape index (κ3) is 1.45. The Hall–Kier alpha value is -1.97. The van der Waals surface area contributed by atoms with Gasteiger partial charge >= 0.3 is 0 Å². The Morgan fingerprint density at radius 2 is 1.40 bits per heavy atom. The van der Waals surface area contributed by atoms with Crippen molar-refractivity contribution in [3.63, 3.8) is 0 Å². The Labute approximate surface area is 116 Å². The standard InChI is InChI=1S/C16H14FNO2/c17-11-5-7-12(8-6-11)18-15(19)13-9-1-2-10(4-3-9)14(13)16(18)20/h1-2,5-10,13-14H,3-4H2/t9-,10+,13-,14+. The van der Waals surface area contributed by atoms with Gasteiger partial charge in [-0.15, -0.1) is 0 Å². The highest BCUT2D eigenvalue weighted by Gasteiger charge is 2.56. The molecule has 0 unspecified atom stereocenters. The van der Waals surface area contributed by atoms with E-state index in [1.165, 1.54) is 29.2 Å². The Bertz CT molecular complexity index is 590. The fourth-order valence-corrected chi connectivity index (χ4v) is 3.92. The zero-order chi connectivity index (χ0) is 13.9. The number of halogens is 1. The summed E-state index contributed by atoms with van der Waals surface area (Å²) in [4.78, 5) is 26.5. The van der Waals surface area contributed by atoms with Gasteiger partial charge < -0.3 is 0 Å². The summed E-state index contributed by atoms with van der Waals surface area (Å²) in [6.07, 6.45) is 6.15. The highest BCUT2D eigenvalue weighted by molar-refractivity contribution is 6.22. The molecule has 3 nitrogen and oxygen atoms in total. The van der Waals surface area contributed by atoms with E-state index in [1.807, 2.05) is 0 Å². The number of rotatable bonds is 1. The van der Waals surface area contributed by atoms with Crippen LogP contribution in [0.2, 0.25) is 0 Å². The van der Waals surface area contributed by atoms with E-state index >= 15 is 0 Å². The molecule has 102 valence electrons. The summed E-state index contributed by atoms with van der Waals surface area (Å²) in [6.45, 7) is 0. The molecule has 3 aliphatic carbocycles. The van der Waals surface area contributed by atoms with E-state index in [-0.39, 0.29) is 41.3 Å².